The van der Waals surface area contributed by atoms with Crippen LogP contribution in [0.2, 0.25) is 0 Å². The van der Waals surface area contributed by atoms with Crippen LogP contribution >= 0.6 is 0 Å². The van der Waals surface area contributed by atoms with Crippen molar-refractivity contribution in [3.63, 3.8) is 0 Å². The molecule has 0 unspecified atom stereocenters. The van der Waals surface area contributed by atoms with Gasteiger partial charge in [0, 0.05) is 25.1 Å². The molecule has 3 aromatic rings. The van der Waals surface area contributed by atoms with Gasteiger partial charge < -0.3 is 15.0 Å². The van der Waals surface area contributed by atoms with E-state index < -0.39 is 34.3 Å². The Balaban J connectivity index is 2.05. The summed E-state index contributed by atoms with van der Waals surface area (Å²) in [4.78, 5) is 28.8. The third-order valence-electron chi connectivity index (χ3n) is 5.99. The minimum Gasteiger partial charge on any atom is -0.497 e. The Morgan fingerprint density at radius 1 is 0.949 bits per heavy atom. The van der Waals surface area contributed by atoms with Crippen molar-refractivity contribution in [3.05, 3.63) is 95.8 Å². The van der Waals surface area contributed by atoms with E-state index in [0.717, 1.165) is 16.1 Å². The summed E-state index contributed by atoms with van der Waals surface area (Å²) in [5.41, 5.74) is 1.66. The number of ether oxygens (including phenoxy) is 1. The largest absolute Gasteiger partial charge is 0.497 e. The molecule has 3 aromatic carbocycles. The molecular weight excluding hydrogens is 521 g/mol. The molecule has 208 valence electrons. The van der Waals surface area contributed by atoms with Crippen molar-refractivity contribution in [2.75, 3.05) is 24.2 Å². The normalized spacial score (nSPS) is 12.1. The predicted octanol–water partition coefficient (Wildman–Crippen LogP) is 3.77. The van der Waals surface area contributed by atoms with E-state index >= 15 is 0 Å². The summed E-state index contributed by atoms with van der Waals surface area (Å²) in [6, 6.07) is 20.1. The lowest BCUT2D eigenvalue weighted by Gasteiger charge is -2.34. The van der Waals surface area contributed by atoms with E-state index in [1.807, 2.05) is 44.2 Å². The highest BCUT2D eigenvalue weighted by Gasteiger charge is 2.33. The van der Waals surface area contributed by atoms with Crippen LogP contribution in [-0.4, -0.2) is 57.1 Å². The molecule has 0 saturated carbocycles. The monoisotopic (exact) mass is 555 g/mol. The van der Waals surface area contributed by atoms with Gasteiger partial charge in [-0.1, -0.05) is 48.5 Å². The van der Waals surface area contributed by atoms with E-state index in [-0.39, 0.29) is 30.6 Å². The number of methoxy groups -OCH3 is 1. The molecule has 0 saturated heterocycles. The third-order valence-corrected chi connectivity index (χ3v) is 7.13. The number of nitrogens with zero attached hydrogens (tertiary/aromatic N) is 2. The summed E-state index contributed by atoms with van der Waals surface area (Å²) >= 11 is 0. The van der Waals surface area contributed by atoms with Crippen LogP contribution in [-0.2, 0) is 32.6 Å². The number of rotatable bonds is 12. The van der Waals surface area contributed by atoms with Gasteiger partial charge in [0.05, 0.1) is 19.1 Å². The molecule has 8 nitrogen and oxygen atoms in total. The Morgan fingerprint density at radius 3 is 2.21 bits per heavy atom. The highest BCUT2D eigenvalue weighted by Crippen LogP contribution is 2.24. The lowest BCUT2D eigenvalue weighted by Crippen LogP contribution is -2.54. The maximum absolute atomic E-state index is 14.0. The molecular formula is C29H34FN3O5S. The van der Waals surface area contributed by atoms with Crippen molar-refractivity contribution >= 4 is 27.5 Å². The van der Waals surface area contributed by atoms with E-state index in [4.69, 9.17) is 4.74 Å². The van der Waals surface area contributed by atoms with Gasteiger partial charge >= 0.3 is 0 Å². The van der Waals surface area contributed by atoms with Gasteiger partial charge in [0.15, 0.2) is 0 Å². The molecule has 39 heavy (non-hydrogen) atoms. The Kier molecular flexibility index (Phi) is 10.1. The fraction of sp³-hybridized carbons (Fsp3) is 0.310. The first-order chi connectivity index (χ1) is 18.5. The fourth-order valence-electron chi connectivity index (χ4n) is 4.10. The topological polar surface area (TPSA) is 96.0 Å². The number of amides is 2. The summed E-state index contributed by atoms with van der Waals surface area (Å²) in [5, 5.41) is 2.88. The maximum atomic E-state index is 14.0. The van der Waals surface area contributed by atoms with Crippen molar-refractivity contribution < 1.29 is 27.1 Å². The second-order valence-electron chi connectivity index (χ2n) is 9.49. The summed E-state index contributed by atoms with van der Waals surface area (Å²) < 4.78 is 45.5. The molecule has 10 heteroatoms. The van der Waals surface area contributed by atoms with E-state index in [9.17, 15) is 22.4 Å². The third kappa shape index (κ3) is 8.54. The molecule has 0 radical (unpaired) electrons. The van der Waals surface area contributed by atoms with Gasteiger partial charge in [-0.05, 0) is 49.2 Å². The van der Waals surface area contributed by atoms with Crippen molar-refractivity contribution in [1.29, 1.82) is 0 Å². The van der Waals surface area contributed by atoms with E-state index in [2.05, 4.69) is 5.32 Å². The average molecular weight is 556 g/mol. The number of nitrogens with one attached hydrogen (secondary N) is 1. The number of halogens is 1. The van der Waals surface area contributed by atoms with Gasteiger partial charge in [0.25, 0.3) is 0 Å². The minimum atomic E-state index is -3.89. The molecule has 0 aliphatic heterocycles. The number of hydrogen-bond acceptors (Lipinski definition) is 5. The summed E-state index contributed by atoms with van der Waals surface area (Å²) in [6.07, 6.45) is 1.21. The summed E-state index contributed by atoms with van der Waals surface area (Å²) in [6.45, 7) is 3.06. The van der Waals surface area contributed by atoms with Crippen molar-refractivity contribution in [2.45, 2.75) is 38.9 Å². The van der Waals surface area contributed by atoms with E-state index in [1.54, 1.807) is 18.2 Å². The molecule has 0 heterocycles. The molecule has 0 aliphatic rings. The van der Waals surface area contributed by atoms with Crippen LogP contribution in [0.15, 0.2) is 78.9 Å². The van der Waals surface area contributed by atoms with Crippen LogP contribution in [0, 0.1) is 5.82 Å². The van der Waals surface area contributed by atoms with Crippen LogP contribution in [0.5, 0.6) is 5.75 Å². The van der Waals surface area contributed by atoms with Crippen LogP contribution < -0.4 is 14.4 Å². The van der Waals surface area contributed by atoms with Crippen LogP contribution in [0.4, 0.5) is 10.1 Å². The summed E-state index contributed by atoms with van der Waals surface area (Å²) in [7, 11) is -2.43. The molecule has 0 aliphatic carbocycles. The van der Waals surface area contributed by atoms with Crippen molar-refractivity contribution in [2.24, 2.45) is 0 Å². The molecule has 0 aromatic heterocycles. The minimum absolute atomic E-state index is 0.0299. The second-order valence-corrected chi connectivity index (χ2v) is 11.4. The Morgan fingerprint density at radius 2 is 1.62 bits per heavy atom. The van der Waals surface area contributed by atoms with Gasteiger partial charge in [-0.15, -0.1) is 0 Å². The SMILES string of the molecule is COc1cccc(N(CC(=O)N(Cc2ccc(F)cc2)[C@@H](Cc2ccccc2)C(=O)NC(C)C)S(C)(=O)=O)c1. The number of carbonyl (C=O) groups is 2. The maximum Gasteiger partial charge on any atom is 0.244 e. The number of carbonyl (C=O) groups excluding carboxylic acids is 2. The second kappa shape index (κ2) is 13.2. The number of sulfonamides is 1. The average Bonchev–Trinajstić information content (AvgIpc) is 2.89. The molecule has 0 spiro atoms. The lowest BCUT2D eigenvalue weighted by atomic mass is 10.0. The van der Waals surface area contributed by atoms with Crippen LogP contribution in [0.3, 0.4) is 0 Å². The van der Waals surface area contributed by atoms with Crippen molar-refractivity contribution in [1.82, 2.24) is 10.2 Å². The molecule has 1 atom stereocenters. The van der Waals surface area contributed by atoms with Gasteiger partial charge in [0.1, 0.15) is 24.2 Å². The first kappa shape index (κ1) is 29.6. The standard InChI is InChI=1S/C29H34FN3O5S/c1-21(2)31-29(35)27(17-22-9-6-5-7-10-22)32(19-23-13-15-24(30)16-14-23)28(34)20-33(39(4,36)37)25-11-8-12-26(18-25)38-3/h5-16,18,21,27H,17,19-20H2,1-4H3,(H,31,35)/t27-/m0/s1. The van der Waals surface area contributed by atoms with Crippen LogP contribution in [0.25, 0.3) is 0 Å². The Bertz CT molecular complexity index is 1370. The lowest BCUT2D eigenvalue weighted by molar-refractivity contribution is -0.140. The number of anilines is 1. The first-order valence-corrected chi connectivity index (χ1v) is 14.3. The van der Waals surface area contributed by atoms with Crippen molar-refractivity contribution in [3.8, 4) is 5.75 Å². The smallest absolute Gasteiger partial charge is 0.244 e. The molecule has 0 bridgehead atoms. The molecule has 2 amide bonds. The zero-order chi connectivity index (χ0) is 28.6. The van der Waals surface area contributed by atoms with Gasteiger partial charge in [-0.25, -0.2) is 12.8 Å². The molecule has 3 rings (SSSR count). The summed E-state index contributed by atoms with van der Waals surface area (Å²) in [5.74, 6) is -0.977. The van der Waals surface area contributed by atoms with Gasteiger partial charge in [0.2, 0.25) is 21.8 Å². The van der Waals surface area contributed by atoms with Crippen LogP contribution in [0.1, 0.15) is 25.0 Å². The fourth-order valence-corrected chi connectivity index (χ4v) is 4.94. The number of benzene rings is 3. The Hall–Kier alpha value is -3.92. The highest BCUT2D eigenvalue weighted by molar-refractivity contribution is 7.92. The Labute approximate surface area is 229 Å². The van der Waals surface area contributed by atoms with E-state index in [0.29, 0.717) is 11.3 Å². The zero-order valence-electron chi connectivity index (χ0n) is 22.5. The molecule has 1 N–H and O–H groups in total. The van der Waals surface area contributed by atoms with Gasteiger partial charge in [-0.2, -0.15) is 0 Å². The predicted molar refractivity (Wildman–Crippen MR) is 149 cm³/mol. The zero-order valence-corrected chi connectivity index (χ0v) is 23.3. The number of hydrogen-bond donors (Lipinski definition) is 1. The van der Waals surface area contributed by atoms with Gasteiger partial charge in [-0.3, -0.25) is 13.9 Å². The quantitative estimate of drug-likeness (QED) is 0.367. The highest BCUT2D eigenvalue weighted by atomic mass is 32.2. The van der Waals surface area contributed by atoms with E-state index in [1.165, 1.54) is 42.3 Å². The first-order valence-electron chi connectivity index (χ1n) is 12.5. The molecule has 0 fully saturated rings.